The van der Waals surface area contributed by atoms with Crippen LogP contribution in [0.5, 0.6) is 0 Å². The highest BCUT2D eigenvalue weighted by molar-refractivity contribution is 7.09. The summed E-state index contributed by atoms with van der Waals surface area (Å²) in [6, 6.07) is 8.17. The summed E-state index contributed by atoms with van der Waals surface area (Å²) in [4.78, 5) is 4.43. The average molecular weight is 285 g/mol. The van der Waals surface area contributed by atoms with E-state index in [1.165, 1.54) is 0 Å². The summed E-state index contributed by atoms with van der Waals surface area (Å²) in [5.74, 6) is 0.867. The van der Waals surface area contributed by atoms with E-state index in [9.17, 15) is 0 Å². The first kappa shape index (κ1) is 12.8. The fraction of sp³-hybridized carbons (Fsp3) is 0.214. The van der Waals surface area contributed by atoms with Crippen LogP contribution in [-0.4, -0.2) is 19.7 Å². The minimum Gasteiger partial charge on any atom is -0.379 e. The molecule has 0 spiro atoms. The molecule has 20 heavy (non-hydrogen) atoms. The van der Waals surface area contributed by atoms with Gasteiger partial charge < -0.3 is 9.88 Å². The minimum absolute atomic E-state index is 0.744. The Balaban J connectivity index is 1.69. The second-order valence-electron chi connectivity index (χ2n) is 4.55. The van der Waals surface area contributed by atoms with Gasteiger partial charge >= 0.3 is 0 Å². The maximum absolute atomic E-state index is 4.43. The zero-order valence-electron chi connectivity index (χ0n) is 11.4. The van der Waals surface area contributed by atoms with Crippen LogP contribution in [0.25, 0.3) is 11.4 Å². The molecule has 0 aliphatic carbocycles. The van der Waals surface area contributed by atoms with Crippen LogP contribution in [0, 0.1) is 6.92 Å². The number of nitrogens with one attached hydrogen (secondary N) is 1. The number of rotatable bonds is 4. The van der Waals surface area contributed by atoms with Crippen LogP contribution in [0.2, 0.25) is 0 Å². The zero-order chi connectivity index (χ0) is 13.9. The summed E-state index contributed by atoms with van der Waals surface area (Å²) in [5.41, 5.74) is 3.20. The number of benzene rings is 1. The lowest BCUT2D eigenvalue weighted by molar-refractivity contribution is 0.920. The standard InChI is InChI=1S/C14H15N5S/c1-10-17-13(8-20-10)7-15-12-5-3-11(4-6-12)14-18-16-9-19(14)2/h3-6,8-9,15H,7H2,1-2H3. The van der Waals surface area contributed by atoms with Crippen LogP contribution in [-0.2, 0) is 13.6 Å². The average Bonchev–Trinajstić information content (AvgIpc) is 3.06. The molecule has 0 unspecified atom stereocenters. The molecular formula is C14H15N5S. The summed E-state index contributed by atoms with van der Waals surface area (Å²) >= 11 is 1.67. The molecule has 0 aliphatic rings. The third-order valence-electron chi connectivity index (χ3n) is 2.99. The van der Waals surface area contributed by atoms with Crippen LogP contribution in [0.1, 0.15) is 10.7 Å². The lowest BCUT2D eigenvalue weighted by Gasteiger charge is -2.06. The van der Waals surface area contributed by atoms with E-state index in [0.717, 1.165) is 34.3 Å². The molecule has 1 N–H and O–H groups in total. The molecule has 0 fully saturated rings. The van der Waals surface area contributed by atoms with E-state index in [-0.39, 0.29) is 0 Å². The SMILES string of the molecule is Cc1nc(CNc2ccc(-c3nncn3C)cc2)cs1. The van der Waals surface area contributed by atoms with Gasteiger partial charge in [0, 0.05) is 23.7 Å². The maximum atomic E-state index is 4.43. The van der Waals surface area contributed by atoms with E-state index in [2.05, 4.69) is 25.9 Å². The summed E-state index contributed by atoms with van der Waals surface area (Å²) in [6.07, 6.45) is 1.70. The lowest BCUT2D eigenvalue weighted by Crippen LogP contribution is -1.99. The molecule has 0 atom stereocenters. The predicted octanol–water partition coefficient (Wildman–Crippen LogP) is 2.86. The molecule has 0 bridgehead atoms. The van der Waals surface area contributed by atoms with Crippen LogP contribution >= 0.6 is 11.3 Å². The van der Waals surface area contributed by atoms with Gasteiger partial charge in [0.15, 0.2) is 5.82 Å². The molecular weight excluding hydrogens is 270 g/mol. The second kappa shape index (κ2) is 5.42. The highest BCUT2D eigenvalue weighted by Crippen LogP contribution is 2.19. The van der Waals surface area contributed by atoms with Crippen molar-refractivity contribution in [2.45, 2.75) is 13.5 Å². The molecule has 0 saturated carbocycles. The highest BCUT2D eigenvalue weighted by atomic mass is 32.1. The van der Waals surface area contributed by atoms with Gasteiger partial charge in [-0.3, -0.25) is 0 Å². The van der Waals surface area contributed by atoms with Crippen LogP contribution in [0.3, 0.4) is 0 Å². The van der Waals surface area contributed by atoms with Crippen molar-refractivity contribution in [3.63, 3.8) is 0 Å². The topological polar surface area (TPSA) is 55.6 Å². The Morgan fingerprint density at radius 2 is 2.05 bits per heavy atom. The van der Waals surface area contributed by atoms with Gasteiger partial charge in [-0.1, -0.05) is 0 Å². The Bertz CT molecular complexity index is 698. The Kier molecular flexibility index (Phi) is 3.47. The number of thiazole rings is 1. The van der Waals surface area contributed by atoms with Crippen LogP contribution < -0.4 is 5.32 Å². The fourth-order valence-corrected chi connectivity index (χ4v) is 2.58. The Morgan fingerprint density at radius 3 is 2.65 bits per heavy atom. The first-order chi connectivity index (χ1) is 9.72. The molecule has 3 aromatic rings. The van der Waals surface area contributed by atoms with Gasteiger partial charge in [-0.05, 0) is 31.2 Å². The molecule has 2 heterocycles. The number of aryl methyl sites for hydroxylation is 2. The molecule has 0 radical (unpaired) electrons. The summed E-state index contributed by atoms with van der Waals surface area (Å²) in [5, 5.41) is 14.5. The van der Waals surface area contributed by atoms with Crippen molar-refractivity contribution < 1.29 is 0 Å². The Labute approximate surface area is 121 Å². The van der Waals surface area contributed by atoms with Crippen molar-refractivity contribution in [3.05, 3.63) is 46.7 Å². The molecule has 102 valence electrons. The van der Waals surface area contributed by atoms with E-state index < -0.39 is 0 Å². The molecule has 0 aliphatic heterocycles. The largest absolute Gasteiger partial charge is 0.379 e. The normalized spacial score (nSPS) is 10.7. The van der Waals surface area contributed by atoms with Gasteiger partial charge in [0.25, 0.3) is 0 Å². The van der Waals surface area contributed by atoms with Crippen molar-refractivity contribution in [1.29, 1.82) is 0 Å². The summed E-state index contributed by atoms with van der Waals surface area (Å²) in [6.45, 7) is 2.76. The molecule has 0 amide bonds. The zero-order valence-corrected chi connectivity index (χ0v) is 12.2. The smallest absolute Gasteiger partial charge is 0.163 e. The lowest BCUT2D eigenvalue weighted by atomic mass is 10.2. The first-order valence-electron chi connectivity index (χ1n) is 6.32. The predicted molar refractivity (Wildman–Crippen MR) is 80.6 cm³/mol. The number of hydrogen-bond acceptors (Lipinski definition) is 5. The number of nitrogens with zero attached hydrogens (tertiary/aromatic N) is 4. The van der Waals surface area contributed by atoms with Crippen molar-refractivity contribution >= 4 is 17.0 Å². The van der Waals surface area contributed by atoms with Gasteiger partial charge in [-0.15, -0.1) is 21.5 Å². The Hall–Kier alpha value is -2.21. The van der Waals surface area contributed by atoms with E-state index >= 15 is 0 Å². The van der Waals surface area contributed by atoms with E-state index in [0.29, 0.717) is 0 Å². The molecule has 3 rings (SSSR count). The number of hydrogen-bond donors (Lipinski definition) is 1. The molecule has 5 nitrogen and oxygen atoms in total. The fourth-order valence-electron chi connectivity index (χ4n) is 1.96. The van der Waals surface area contributed by atoms with Crippen molar-refractivity contribution in [1.82, 2.24) is 19.7 Å². The van der Waals surface area contributed by atoms with E-state index in [4.69, 9.17) is 0 Å². The third kappa shape index (κ3) is 2.70. The molecule has 0 saturated heterocycles. The molecule has 1 aromatic carbocycles. The van der Waals surface area contributed by atoms with Crippen LogP contribution in [0.4, 0.5) is 5.69 Å². The van der Waals surface area contributed by atoms with Crippen LogP contribution in [0.15, 0.2) is 36.0 Å². The maximum Gasteiger partial charge on any atom is 0.163 e. The van der Waals surface area contributed by atoms with E-state index in [1.54, 1.807) is 17.7 Å². The molecule has 2 aromatic heterocycles. The van der Waals surface area contributed by atoms with Gasteiger partial charge in [0.2, 0.25) is 0 Å². The highest BCUT2D eigenvalue weighted by Gasteiger charge is 2.04. The van der Waals surface area contributed by atoms with Gasteiger partial charge in [-0.2, -0.15) is 0 Å². The van der Waals surface area contributed by atoms with Gasteiger partial charge in [0.05, 0.1) is 17.2 Å². The summed E-state index contributed by atoms with van der Waals surface area (Å²) in [7, 11) is 1.94. The van der Waals surface area contributed by atoms with Gasteiger partial charge in [0.1, 0.15) is 6.33 Å². The number of aromatic nitrogens is 4. The Morgan fingerprint density at radius 1 is 1.25 bits per heavy atom. The minimum atomic E-state index is 0.744. The number of anilines is 1. The van der Waals surface area contributed by atoms with Crippen molar-refractivity contribution in [2.24, 2.45) is 7.05 Å². The van der Waals surface area contributed by atoms with E-state index in [1.807, 2.05) is 42.8 Å². The van der Waals surface area contributed by atoms with Gasteiger partial charge in [-0.25, -0.2) is 4.98 Å². The quantitative estimate of drug-likeness (QED) is 0.801. The molecule has 6 heteroatoms. The third-order valence-corrected chi connectivity index (χ3v) is 3.82. The second-order valence-corrected chi connectivity index (χ2v) is 5.62. The van der Waals surface area contributed by atoms with Crippen molar-refractivity contribution in [3.8, 4) is 11.4 Å². The first-order valence-corrected chi connectivity index (χ1v) is 7.19. The monoisotopic (exact) mass is 285 g/mol. The van der Waals surface area contributed by atoms with Crippen molar-refractivity contribution in [2.75, 3.05) is 5.32 Å². The summed E-state index contributed by atoms with van der Waals surface area (Å²) < 4.78 is 1.90.